The average molecular weight is 276 g/mol. The van der Waals surface area contributed by atoms with E-state index in [0.29, 0.717) is 17.2 Å². The molecule has 0 atom stereocenters. The molecule has 0 saturated heterocycles. The Hall–Kier alpha value is -2.04. The summed E-state index contributed by atoms with van der Waals surface area (Å²) < 4.78 is 0. The Bertz CT molecular complexity index is 548. The van der Waals surface area contributed by atoms with Gasteiger partial charge in [-0.15, -0.1) is 0 Å². The molecular formula is C15H20N2O3. The molecule has 0 spiro atoms. The first-order valence-electron chi connectivity index (χ1n) is 6.73. The van der Waals surface area contributed by atoms with Gasteiger partial charge in [0.15, 0.2) is 0 Å². The van der Waals surface area contributed by atoms with E-state index < -0.39 is 5.97 Å². The molecule has 5 nitrogen and oxygen atoms in total. The number of rotatable bonds is 4. The topological polar surface area (TPSA) is 78.4 Å². The van der Waals surface area contributed by atoms with Crippen LogP contribution in [0.5, 0.6) is 0 Å². The van der Waals surface area contributed by atoms with Gasteiger partial charge in [0, 0.05) is 11.2 Å². The molecule has 1 aromatic carbocycles. The van der Waals surface area contributed by atoms with Crippen LogP contribution in [-0.4, -0.2) is 22.6 Å². The zero-order valence-electron chi connectivity index (χ0n) is 12.0. The van der Waals surface area contributed by atoms with Crippen molar-refractivity contribution in [1.82, 2.24) is 5.32 Å². The standard InChI is InChI=1S/C15H20N2O3/c1-9-8-11(6-7-12(9)13(18)19)16-14(20)17-15(2,3)10-4-5-10/h6-8,10H,4-5H2,1-3H3,(H,18,19)(H2,16,17,20). The number of carboxylic acids is 1. The lowest BCUT2D eigenvalue weighted by atomic mass is 9.99. The van der Waals surface area contributed by atoms with Gasteiger partial charge in [0.2, 0.25) is 0 Å². The van der Waals surface area contributed by atoms with E-state index in [1.165, 1.54) is 6.07 Å². The van der Waals surface area contributed by atoms with Crippen molar-refractivity contribution in [2.75, 3.05) is 5.32 Å². The van der Waals surface area contributed by atoms with E-state index in [4.69, 9.17) is 5.11 Å². The number of carbonyl (C=O) groups excluding carboxylic acids is 1. The highest BCUT2D eigenvalue weighted by Crippen LogP contribution is 2.39. The monoisotopic (exact) mass is 276 g/mol. The Kier molecular flexibility index (Phi) is 3.70. The second kappa shape index (κ2) is 5.15. The number of nitrogens with one attached hydrogen (secondary N) is 2. The number of hydrogen-bond donors (Lipinski definition) is 3. The fourth-order valence-electron chi connectivity index (χ4n) is 2.34. The molecule has 20 heavy (non-hydrogen) atoms. The zero-order chi connectivity index (χ0) is 14.9. The van der Waals surface area contributed by atoms with E-state index in [1.807, 2.05) is 13.8 Å². The summed E-state index contributed by atoms with van der Waals surface area (Å²) >= 11 is 0. The average Bonchev–Trinajstić information content (AvgIpc) is 3.10. The highest BCUT2D eigenvalue weighted by Gasteiger charge is 2.38. The maximum atomic E-state index is 12.0. The predicted molar refractivity (Wildman–Crippen MR) is 77.1 cm³/mol. The van der Waals surface area contributed by atoms with Gasteiger partial charge in [0.1, 0.15) is 0 Å². The number of urea groups is 1. The highest BCUT2D eigenvalue weighted by molar-refractivity contribution is 5.93. The quantitative estimate of drug-likeness (QED) is 0.791. The second-order valence-corrected chi connectivity index (χ2v) is 5.91. The van der Waals surface area contributed by atoms with Crippen LogP contribution in [0, 0.1) is 12.8 Å². The Morgan fingerprint density at radius 2 is 1.95 bits per heavy atom. The Morgan fingerprint density at radius 3 is 2.45 bits per heavy atom. The third kappa shape index (κ3) is 3.29. The summed E-state index contributed by atoms with van der Waals surface area (Å²) in [5, 5.41) is 14.7. The number of amides is 2. The van der Waals surface area contributed by atoms with Crippen LogP contribution in [0.4, 0.5) is 10.5 Å². The first kappa shape index (κ1) is 14.4. The molecule has 0 aliphatic heterocycles. The van der Waals surface area contributed by atoms with Gasteiger partial charge in [-0.1, -0.05) is 0 Å². The van der Waals surface area contributed by atoms with Crippen molar-refractivity contribution >= 4 is 17.7 Å². The Balaban J connectivity index is 2.01. The molecule has 0 heterocycles. The molecule has 1 aliphatic carbocycles. The Morgan fingerprint density at radius 1 is 1.30 bits per heavy atom. The van der Waals surface area contributed by atoms with Crippen molar-refractivity contribution in [2.45, 2.75) is 39.2 Å². The van der Waals surface area contributed by atoms with Gasteiger partial charge < -0.3 is 15.7 Å². The fraction of sp³-hybridized carbons (Fsp3) is 0.467. The number of benzene rings is 1. The zero-order valence-corrected chi connectivity index (χ0v) is 12.0. The third-order valence-electron chi connectivity index (χ3n) is 3.75. The number of aromatic carboxylic acids is 1. The second-order valence-electron chi connectivity index (χ2n) is 5.91. The van der Waals surface area contributed by atoms with Crippen LogP contribution in [0.3, 0.4) is 0 Å². The lowest BCUT2D eigenvalue weighted by Gasteiger charge is -2.26. The number of hydrogen-bond acceptors (Lipinski definition) is 2. The lowest BCUT2D eigenvalue weighted by molar-refractivity contribution is 0.0696. The van der Waals surface area contributed by atoms with Crippen molar-refractivity contribution in [3.63, 3.8) is 0 Å². The summed E-state index contributed by atoms with van der Waals surface area (Å²) in [5.74, 6) is -0.419. The maximum Gasteiger partial charge on any atom is 0.335 e. The molecular weight excluding hydrogens is 256 g/mol. The molecule has 1 fully saturated rings. The van der Waals surface area contributed by atoms with Gasteiger partial charge in [-0.3, -0.25) is 0 Å². The minimum absolute atomic E-state index is 0.208. The van der Waals surface area contributed by atoms with Crippen molar-refractivity contribution in [3.05, 3.63) is 29.3 Å². The summed E-state index contributed by atoms with van der Waals surface area (Å²) in [6.07, 6.45) is 2.30. The molecule has 1 aliphatic rings. The summed E-state index contributed by atoms with van der Waals surface area (Å²) in [5.41, 5.74) is 1.25. The molecule has 2 rings (SSSR count). The van der Waals surface area contributed by atoms with Crippen molar-refractivity contribution in [2.24, 2.45) is 5.92 Å². The van der Waals surface area contributed by atoms with E-state index in [2.05, 4.69) is 10.6 Å². The van der Waals surface area contributed by atoms with Gasteiger partial charge in [-0.2, -0.15) is 0 Å². The molecule has 0 radical (unpaired) electrons. The number of carbonyl (C=O) groups is 2. The van der Waals surface area contributed by atoms with Crippen LogP contribution >= 0.6 is 0 Å². The number of carboxylic acid groups (broad SMARTS) is 1. The van der Waals surface area contributed by atoms with E-state index in [-0.39, 0.29) is 17.1 Å². The molecule has 1 aromatic rings. The summed E-state index contributed by atoms with van der Waals surface area (Å²) in [4.78, 5) is 22.9. The largest absolute Gasteiger partial charge is 0.478 e. The van der Waals surface area contributed by atoms with E-state index in [1.54, 1.807) is 19.1 Å². The molecule has 0 bridgehead atoms. The highest BCUT2D eigenvalue weighted by atomic mass is 16.4. The molecule has 108 valence electrons. The lowest BCUT2D eigenvalue weighted by Crippen LogP contribution is -2.47. The van der Waals surface area contributed by atoms with Crippen molar-refractivity contribution < 1.29 is 14.7 Å². The molecule has 2 amide bonds. The van der Waals surface area contributed by atoms with Crippen molar-refractivity contribution in [1.29, 1.82) is 0 Å². The molecule has 5 heteroatoms. The fourth-order valence-corrected chi connectivity index (χ4v) is 2.34. The van der Waals surface area contributed by atoms with Crippen molar-refractivity contribution in [3.8, 4) is 0 Å². The van der Waals surface area contributed by atoms with Crippen LogP contribution in [0.2, 0.25) is 0 Å². The normalized spacial score (nSPS) is 14.8. The third-order valence-corrected chi connectivity index (χ3v) is 3.75. The van der Waals surface area contributed by atoms with Gasteiger partial charge in [0.25, 0.3) is 0 Å². The van der Waals surface area contributed by atoms with E-state index in [9.17, 15) is 9.59 Å². The predicted octanol–water partition coefficient (Wildman–Crippen LogP) is 3.00. The van der Waals surface area contributed by atoms with Gasteiger partial charge in [-0.05, 0) is 63.3 Å². The molecule has 0 aromatic heterocycles. The molecule has 1 saturated carbocycles. The van der Waals surface area contributed by atoms with Gasteiger partial charge >= 0.3 is 12.0 Å². The Labute approximate surface area is 118 Å². The SMILES string of the molecule is Cc1cc(NC(=O)NC(C)(C)C2CC2)ccc1C(=O)O. The summed E-state index contributed by atoms with van der Waals surface area (Å²) in [6, 6.07) is 4.50. The van der Waals surface area contributed by atoms with Crippen LogP contribution in [0.15, 0.2) is 18.2 Å². The van der Waals surface area contributed by atoms with E-state index in [0.717, 1.165) is 12.8 Å². The minimum Gasteiger partial charge on any atom is -0.478 e. The van der Waals surface area contributed by atoms with Gasteiger partial charge in [0.05, 0.1) is 5.56 Å². The van der Waals surface area contributed by atoms with Crippen LogP contribution < -0.4 is 10.6 Å². The van der Waals surface area contributed by atoms with Gasteiger partial charge in [-0.25, -0.2) is 9.59 Å². The minimum atomic E-state index is -0.964. The van der Waals surface area contributed by atoms with Crippen LogP contribution in [-0.2, 0) is 0 Å². The maximum absolute atomic E-state index is 12.0. The van der Waals surface area contributed by atoms with Crippen LogP contribution in [0.25, 0.3) is 0 Å². The smallest absolute Gasteiger partial charge is 0.335 e. The first-order chi connectivity index (χ1) is 9.29. The first-order valence-corrected chi connectivity index (χ1v) is 6.73. The number of aryl methyl sites for hydroxylation is 1. The summed E-state index contributed by atoms with van der Waals surface area (Å²) in [7, 11) is 0. The molecule has 0 unspecified atom stereocenters. The molecule has 3 N–H and O–H groups in total. The van der Waals surface area contributed by atoms with E-state index >= 15 is 0 Å². The van der Waals surface area contributed by atoms with Crippen LogP contribution in [0.1, 0.15) is 42.6 Å². The number of anilines is 1. The summed E-state index contributed by atoms with van der Waals surface area (Å²) in [6.45, 7) is 5.74.